The number of benzene rings is 5. The summed E-state index contributed by atoms with van der Waals surface area (Å²) < 4.78 is 68.3. The molecular formula is C92H116N18O8S2. The van der Waals surface area contributed by atoms with E-state index in [1.54, 1.807) is 142 Å². The Hall–Kier alpha value is -11.3. The van der Waals surface area contributed by atoms with Crippen molar-refractivity contribution in [1.82, 2.24) is 86.4 Å². The maximum Gasteiger partial charge on any atom is 0.313 e. The van der Waals surface area contributed by atoms with Gasteiger partial charge in [-0.25, -0.2) is 54.7 Å². The monoisotopic (exact) mass is 1660 g/mol. The maximum absolute atomic E-state index is 13.5. The third kappa shape index (κ3) is 20.6. The van der Waals surface area contributed by atoms with Gasteiger partial charge < -0.3 is 38.5 Å². The Labute approximate surface area is 705 Å². The van der Waals surface area contributed by atoms with Gasteiger partial charge in [0.1, 0.15) is 46.1 Å². The van der Waals surface area contributed by atoms with Gasteiger partial charge in [-0.2, -0.15) is 0 Å². The van der Waals surface area contributed by atoms with Gasteiger partial charge >= 0.3 is 5.97 Å². The lowest BCUT2D eigenvalue weighted by Gasteiger charge is -2.33. The topological polar surface area (TPSA) is 275 Å². The second kappa shape index (κ2) is 42.1. The summed E-state index contributed by atoms with van der Waals surface area (Å²) in [6, 6.07) is 54.4. The number of nitrogens with one attached hydrogen (secondary N) is 2. The average molecular weight is 1670 g/mol. The van der Waals surface area contributed by atoms with E-state index in [4.69, 9.17) is 19.7 Å². The largest absolute Gasteiger partial charge is 0.466 e. The molecule has 0 atom stereocenters. The third-order valence-corrected chi connectivity index (χ3v) is 24.8. The quantitative estimate of drug-likeness (QED) is 0.0671. The van der Waals surface area contributed by atoms with Gasteiger partial charge in [0, 0.05) is 140 Å². The Morgan fingerprint density at radius 2 is 0.742 bits per heavy atom. The van der Waals surface area contributed by atoms with Gasteiger partial charge in [-0.05, 0) is 119 Å². The summed E-state index contributed by atoms with van der Waals surface area (Å²) >= 11 is 0. The lowest BCUT2D eigenvalue weighted by molar-refractivity contribution is -0.142. The minimum absolute atomic E-state index is 0.0356. The number of fused-ring (bicyclic) bond motifs is 9. The average Bonchev–Trinajstić information content (AvgIpc) is 1.57. The van der Waals surface area contributed by atoms with Gasteiger partial charge in [0.2, 0.25) is 11.8 Å². The smallest absolute Gasteiger partial charge is 0.313 e. The van der Waals surface area contributed by atoms with Crippen LogP contribution in [0.1, 0.15) is 139 Å². The molecule has 3 fully saturated rings. The van der Waals surface area contributed by atoms with Crippen molar-refractivity contribution in [3.05, 3.63) is 241 Å². The molecule has 3 saturated heterocycles. The second-order valence-corrected chi connectivity index (χ2v) is 33.3. The fourth-order valence-corrected chi connectivity index (χ4v) is 18.5. The first-order valence-electron chi connectivity index (χ1n) is 41.9. The minimum Gasteiger partial charge on any atom is -0.466 e. The number of piperidine rings is 3. The van der Waals surface area contributed by atoms with Crippen LogP contribution in [0.2, 0.25) is 0 Å². The highest BCUT2D eigenvalue weighted by molar-refractivity contribution is 7.90. The van der Waals surface area contributed by atoms with Crippen LogP contribution < -0.4 is 5.32 Å². The van der Waals surface area contributed by atoms with Crippen molar-refractivity contribution >= 4 is 104 Å². The van der Waals surface area contributed by atoms with Crippen molar-refractivity contribution in [1.29, 1.82) is 0 Å². The van der Waals surface area contributed by atoms with E-state index in [0.717, 1.165) is 136 Å². The fraction of sp³-hybridized carbons (Fsp3) is 0.380. The van der Waals surface area contributed by atoms with Gasteiger partial charge in [-0.3, -0.25) is 29.1 Å². The first-order valence-corrected chi connectivity index (χ1v) is 44.8. The Morgan fingerprint density at radius 3 is 1.07 bits per heavy atom. The van der Waals surface area contributed by atoms with E-state index in [1.807, 2.05) is 80.2 Å². The summed E-state index contributed by atoms with van der Waals surface area (Å²) in [5, 5.41) is 5.21. The zero-order valence-corrected chi connectivity index (χ0v) is 73.2. The van der Waals surface area contributed by atoms with Crippen molar-refractivity contribution in [3.8, 4) is 0 Å². The number of carbonyl (C=O) groups is 3. The Bertz CT molecular complexity index is 5890. The Balaban J connectivity index is 0.000000169. The molecule has 3 aliphatic rings. The molecule has 28 heteroatoms. The summed E-state index contributed by atoms with van der Waals surface area (Å²) in [5.41, 5.74) is 10.4. The number of ether oxygens (including phenoxy) is 1. The van der Waals surface area contributed by atoms with Gasteiger partial charge in [-0.15, -0.1) is 0 Å². The van der Waals surface area contributed by atoms with E-state index < -0.39 is 20.0 Å². The number of imidazole rings is 3. The summed E-state index contributed by atoms with van der Waals surface area (Å²) in [5.74, 6) is 1.83. The van der Waals surface area contributed by atoms with Gasteiger partial charge in [-0.1, -0.05) is 169 Å². The predicted molar refractivity (Wildman–Crippen MR) is 478 cm³/mol. The molecule has 9 aromatic heterocycles. The number of nitrogens with zero attached hydrogens (tertiary/aromatic N) is 16. The number of H-pyrrole nitrogens is 1. The lowest BCUT2D eigenvalue weighted by Crippen LogP contribution is -2.35. The maximum atomic E-state index is 13.5. The van der Waals surface area contributed by atoms with Gasteiger partial charge in [0.05, 0.1) is 64.4 Å². The Morgan fingerprint density at radius 1 is 0.433 bits per heavy atom. The van der Waals surface area contributed by atoms with Crippen LogP contribution in [0.25, 0.3) is 66.2 Å². The molecule has 12 heterocycles. The number of likely N-dealkylation sites (tertiary alicyclic amines) is 3. The number of rotatable bonds is 20. The number of aromatic nitrogens is 12. The van der Waals surface area contributed by atoms with E-state index in [9.17, 15) is 31.2 Å². The number of pyridine rings is 3. The van der Waals surface area contributed by atoms with Crippen molar-refractivity contribution in [2.75, 3.05) is 88.2 Å². The first-order chi connectivity index (χ1) is 58.3. The third-order valence-electron chi connectivity index (χ3n) is 21.4. The van der Waals surface area contributed by atoms with Gasteiger partial charge in [0.15, 0.2) is 11.3 Å². The van der Waals surface area contributed by atoms with Crippen LogP contribution in [-0.4, -0.2) is 204 Å². The second-order valence-electron chi connectivity index (χ2n) is 29.6. The van der Waals surface area contributed by atoms with Crippen molar-refractivity contribution in [2.45, 2.75) is 154 Å². The SMILES string of the molecule is CC.CC.CC.CCOC(=O)Cc1nc2cnc3c(ccn3S(=O)(=O)c3ccccc3)c2n1C1CCN(Cc2ccccc2)CC1.CN(C)C(=O)Cc1nc2cnc3[nH]ccc3c2n1C1CCN(Cc2ccccc2)CC1.CN(C)C(=O)Cc1nc2cnc3c(ccn3S(=O)(=O)c3ccccc3)c2n1C1CCN(Cc2ccccc2)CC1.CNC. The van der Waals surface area contributed by atoms with Crippen LogP contribution in [0.3, 0.4) is 0 Å². The molecule has 0 unspecified atom stereocenters. The van der Waals surface area contributed by atoms with Crippen LogP contribution in [0.4, 0.5) is 0 Å². The number of carbonyl (C=O) groups excluding carboxylic acids is 3. The van der Waals surface area contributed by atoms with Crippen LogP contribution >= 0.6 is 0 Å². The molecule has 120 heavy (non-hydrogen) atoms. The lowest BCUT2D eigenvalue weighted by atomic mass is 10.0. The highest BCUT2D eigenvalue weighted by atomic mass is 32.2. The number of hydrogen-bond donors (Lipinski definition) is 2. The highest BCUT2D eigenvalue weighted by Gasteiger charge is 2.33. The molecule has 3 aliphatic heterocycles. The normalized spacial score (nSPS) is 14.4. The van der Waals surface area contributed by atoms with E-state index in [2.05, 4.69) is 139 Å². The van der Waals surface area contributed by atoms with E-state index in [0.29, 0.717) is 63.8 Å². The fourth-order valence-electron chi connectivity index (χ4n) is 15.8. The molecule has 14 aromatic rings. The summed E-state index contributed by atoms with van der Waals surface area (Å²) in [7, 11) is 3.15. The number of amides is 2. The molecule has 634 valence electrons. The van der Waals surface area contributed by atoms with Crippen LogP contribution in [-0.2, 0) is 78.1 Å². The van der Waals surface area contributed by atoms with Crippen molar-refractivity contribution in [2.24, 2.45) is 0 Å². The molecular weight excluding hydrogens is 1550 g/mol. The number of aromatic amines is 1. The summed E-state index contributed by atoms with van der Waals surface area (Å²) in [6.45, 7) is 22.5. The highest BCUT2D eigenvalue weighted by Crippen LogP contribution is 2.39. The van der Waals surface area contributed by atoms with Crippen molar-refractivity contribution < 1.29 is 36.0 Å². The van der Waals surface area contributed by atoms with Crippen LogP contribution in [0.5, 0.6) is 0 Å². The Kier molecular flexibility index (Phi) is 31.4. The van der Waals surface area contributed by atoms with E-state index >= 15 is 0 Å². The van der Waals surface area contributed by atoms with E-state index in [1.165, 1.54) is 24.6 Å². The zero-order valence-electron chi connectivity index (χ0n) is 71.5. The van der Waals surface area contributed by atoms with E-state index in [-0.39, 0.29) is 52.5 Å². The molecule has 5 aromatic carbocycles. The van der Waals surface area contributed by atoms with Crippen LogP contribution in [0, 0.1) is 0 Å². The number of likely N-dealkylation sites (N-methyl/N-ethyl adjacent to an activating group) is 2. The zero-order chi connectivity index (χ0) is 85.6. The molecule has 0 spiro atoms. The summed E-state index contributed by atoms with van der Waals surface area (Å²) in [4.78, 5) is 80.2. The standard InChI is InChI=1S/C30H32N6O3S.C30H31N5O4S.C24H28N6O.C2H7N.3C2H6/c1-33(2)28(37)19-27-32-26-20-31-30-25(15-18-35(30)40(38,39)24-11-7-4-8-12-24)29(26)36(27)23-13-16-34(17-14-23)21-22-9-5-3-6-10-22;1-2-39-28(36)19-27-32-26-20-31-30-25(15-18-34(30)40(37,38)24-11-7-4-8-12-24)29(26)35(27)23-13-16-33(17-14-23)21-22-9-5-3-6-10-22;1-28(2)22(31)14-21-27-20-15-26-24-19(8-11-25-24)23(20)30(21)18-9-12-29(13-10-18)16-17-6-4-3-5-7-17;1-3-2;3*1-2/h3-12,15,18,20,23H,13-14,16-17,19,21H2,1-2H3;3-12,15,18,20,23H,2,13-14,16-17,19,21H2,1H3;3-8,11,15,18H,9-10,12-14,16H2,1-2H3,(H,25,26);3H,1-2H3;3*1-2H3. The number of esters is 1. The molecule has 0 radical (unpaired) electrons. The van der Waals surface area contributed by atoms with Crippen molar-refractivity contribution in [3.63, 3.8) is 0 Å². The molecule has 0 saturated carbocycles. The number of hydrogen-bond acceptors (Lipinski definition) is 18. The van der Waals surface area contributed by atoms with Crippen LogP contribution in [0.15, 0.2) is 217 Å². The molecule has 26 nitrogen and oxygen atoms in total. The molecule has 2 amide bonds. The minimum atomic E-state index is -3.84. The molecule has 0 bridgehead atoms. The van der Waals surface area contributed by atoms with Gasteiger partial charge in [0.25, 0.3) is 20.0 Å². The first kappa shape index (κ1) is 89.5. The molecule has 17 rings (SSSR count). The molecule has 0 aliphatic carbocycles. The molecule has 2 N–H and O–H groups in total. The predicted octanol–water partition coefficient (Wildman–Crippen LogP) is 15.0. The summed E-state index contributed by atoms with van der Waals surface area (Å²) in [6.07, 6.45) is 16.2.